The van der Waals surface area contributed by atoms with E-state index in [1.807, 2.05) is 20.8 Å². The fourth-order valence-electron chi connectivity index (χ4n) is 1.86. The van der Waals surface area contributed by atoms with Crippen LogP contribution >= 0.6 is 11.6 Å². The summed E-state index contributed by atoms with van der Waals surface area (Å²) in [6.45, 7) is 6.43. The van der Waals surface area contributed by atoms with Gasteiger partial charge in [-0.15, -0.1) is 0 Å². The van der Waals surface area contributed by atoms with Gasteiger partial charge in [-0.2, -0.15) is 5.10 Å². The van der Waals surface area contributed by atoms with E-state index >= 15 is 0 Å². The zero-order valence-corrected chi connectivity index (χ0v) is 12.3. The van der Waals surface area contributed by atoms with Crippen molar-refractivity contribution in [3.8, 4) is 0 Å². The molecular weight excluding hydrogens is 278 g/mol. The van der Waals surface area contributed by atoms with E-state index in [4.69, 9.17) is 11.6 Å². The largest absolute Gasteiger partial charge is 0.304 e. The number of nitrogens with one attached hydrogen (secondary N) is 1. The normalized spacial score (nSPS) is 10.8. The highest BCUT2D eigenvalue weighted by Crippen LogP contribution is 2.21. The van der Waals surface area contributed by atoms with Gasteiger partial charge in [-0.3, -0.25) is 14.5 Å². The summed E-state index contributed by atoms with van der Waals surface area (Å²) in [4.78, 5) is 20.7. The quantitative estimate of drug-likeness (QED) is 0.940. The van der Waals surface area contributed by atoms with Gasteiger partial charge in [0.15, 0.2) is 5.82 Å². The Hall–Kier alpha value is -1.95. The molecule has 0 saturated heterocycles. The van der Waals surface area contributed by atoms with E-state index in [1.165, 1.54) is 6.20 Å². The first-order valence-corrected chi connectivity index (χ1v) is 6.76. The van der Waals surface area contributed by atoms with Crippen LogP contribution in [0.5, 0.6) is 0 Å². The molecule has 1 amide bonds. The van der Waals surface area contributed by atoms with Crippen LogP contribution < -0.4 is 5.32 Å². The first-order valence-electron chi connectivity index (χ1n) is 6.38. The first kappa shape index (κ1) is 14.5. The molecule has 2 aromatic rings. The zero-order chi connectivity index (χ0) is 14.7. The van der Waals surface area contributed by atoms with Crippen LogP contribution in [0.2, 0.25) is 5.02 Å². The highest BCUT2D eigenvalue weighted by molar-refractivity contribution is 6.34. The van der Waals surface area contributed by atoms with Crippen molar-refractivity contribution in [1.29, 1.82) is 0 Å². The summed E-state index contributed by atoms with van der Waals surface area (Å²) in [6, 6.07) is 0. The van der Waals surface area contributed by atoms with Gasteiger partial charge in [0.25, 0.3) is 5.91 Å². The third-order valence-electron chi connectivity index (χ3n) is 2.81. The van der Waals surface area contributed by atoms with E-state index < -0.39 is 0 Å². The molecule has 0 radical (unpaired) electrons. The van der Waals surface area contributed by atoms with E-state index in [9.17, 15) is 4.79 Å². The molecule has 0 bridgehead atoms. The lowest BCUT2D eigenvalue weighted by molar-refractivity contribution is 0.101. The molecule has 106 valence electrons. The van der Waals surface area contributed by atoms with Crippen LogP contribution in [0.15, 0.2) is 18.6 Å². The highest BCUT2D eigenvalue weighted by atomic mass is 35.5. The lowest BCUT2D eigenvalue weighted by Crippen LogP contribution is -2.20. The Morgan fingerprint density at radius 3 is 2.75 bits per heavy atom. The number of rotatable bonds is 4. The van der Waals surface area contributed by atoms with E-state index in [-0.39, 0.29) is 11.8 Å². The molecule has 0 atom stereocenters. The summed E-state index contributed by atoms with van der Waals surface area (Å²) in [5.41, 5.74) is 1.06. The minimum atomic E-state index is -0.336. The summed E-state index contributed by atoms with van der Waals surface area (Å²) < 4.78 is 1.54. The van der Waals surface area contributed by atoms with Gasteiger partial charge in [-0.05, 0) is 12.8 Å². The molecule has 0 aliphatic rings. The molecule has 20 heavy (non-hydrogen) atoms. The lowest BCUT2D eigenvalue weighted by Gasteiger charge is -2.11. The smallest absolute Gasteiger partial charge is 0.276 e. The average molecular weight is 294 g/mol. The monoisotopic (exact) mass is 293 g/mol. The van der Waals surface area contributed by atoms with Crippen molar-refractivity contribution in [2.75, 3.05) is 5.32 Å². The number of hydrogen-bond acceptors (Lipinski definition) is 4. The maximum absolute atomic E-state index is 12.3. The van der Waals surface area contributed by atoms with Crippen molar-refractivity contribution in [3.63, 3.8) is 0 Å². The Kier molecular flexibility index (Phi) is 4.34. The van der Waals surface area contributed by atoms with Gasteiger partial charge in [-0.1, -0.05) is 25.4 Å². The van der Waals surface area contributed by atoms with Gasteiger partial charge in [0.2, 0.25) is 0 Å². The number of amides is 1. The second-order valence-corrected chi connectivity index (χ2v) is 4.96. The van der Waals surface area contributed by atoms with Crippen LogP contribution in [0.25, 0.3) is 0 Å². The molecule has 2 heterocycles. The van der Waals surface area contributed by atoms with E-state index in [0.29, 0.717) is 23.1 Å². The number of anilines is 1. The van der Waals surface area contributed by atoms with Crippen LogP contribution in [0.1, 0.15) is 42.9 Å². The number of halogens is 1. The number of aromatic nitrogens is 4. The third-order valence-corrected chi connectivity index (χ3v) is 3.09. The predicted molar refractivity (Wildman–Crippen MR) is 77.0 cm³/mol. The molecule has 2 aromatic heterocycles. The van der Waals surface area contributed by atoms with Crippen molar-refractivity contribution in [1.82, 2.24) is 19.7 Å². The fourth-order valence-corrected chi connectivity index (χ4v) is 2.09. The van der Waals surface area contributed by atoms with E-state index in [1.54, 1.807) is 17.1 Å². The Bertz CT molecular complexity index is 623. The molecule has 7 heteroatoms. The molecule has 0 unspecified atom stereocenters. The van der Waals surface area contributed by atoms with Gasteiger partial charge in [-0.25, -0.2) is 4.98 Å². The Morgan fingerprint density at radius 1 is 1.40 bits per heavy atom. The number of nitrogens with zero attached hydrogens (tertiary/aromatic N) is 4. The van der Waals surface area contributed by atoms with Gasteiger partial charge in [0.1, 0.15) is 5.69 Å². The predicted octanol–water partition coefficient (Wildman–Crippen LogP) is 2.72. The van der Waals surface area contributed by atoms with Crippen molar-refractivity contribution < 1.29 is 4.79 Å². The fraction of sp³-hybridized carbons (Fsp3) is 0.385. The van der Waals surface area contributed by atoms with Crippen LogP contribution in [-0.2, 0) is 6.54 Å². The standard InChI is InChI=1S/C13H16ClN5O/c1-4-19-11(9(14)7-17-19)13(20)18-12-10(8(2)3)15-5-6-16-12/h5-8H,4H2,1-3H3,(H,16,18,20). The summed E-state index contributed by atoms with van der Waals surface area (Å²) in [5, 5.41) is 7.11. The molecule has 0 fully saturated rings. The number of aryl methyl sites for hydroxylation is 1. The lowest BCUT2D eigenvalue weighted by atomic mass is 10.1. The van der Waals surface area contributed by atoms with Crippen molar-refractivity contribution in [3.05, 3.63) is 35.0 Å². The van der Waals surface area contributed by atoms with Crippen molar-refractivity contribution in [2.45, 2.75) is 33.2 Å². The summed E-state index contributed by atoms with van der Waals surface area (Å²) >= 11 is 6.01. The number of hydrogen-bond donors (Lipinski definition) is 1. The number of carbonyl (C=O) groups is 1. The van der Waals surface area contributed by atoms with Crippen LogP contribution in [-0.4, -0.2) is 25.7 Å². The second-order valence-electron chi connectivity index (χ2n) is 4.56. The molecule has 1 N–H and O–H groups in total. The average Bonchev–Trinajstić information content (AvgIpc) is 2.80. The van der Waals surface area contributed by atoms with E-state index in [0.717, 1.165) is 5.69 Å². The molecule has 0 aliphatic heterocycles. The van der Waals surface area contributed by atoms with Crippen molar-refractivity contribution in [2.24, 2.45) is 0 Å². The molecule has 6 nitrogen and oxygen atoms in total. The topological polar surface area (TPSA) is 72.7 Å². The Balaban J connectivity index is 2.31. The Morgan fingerprint density at radius 2 is 2.10 bits per heavy atom. The zero-order valence-electron chi connectivity index (χ0n) is 11.6. The Labute approximate surface area is 122 Å². The summed E-state index contributed by atoms with van der Waals surface area (Å²) in [6.07, 6.45) is 4.61. The highest BCUT2D eigenvalue weighted by Gasteiger charge is 2.19. The van der Waals surface area contributed by atoms with Gasteiger partial charge < -0.3 is 5.32 Å². The maximum atomic E-state index is 12.3. The van der Waals surface area contributed by atoms with Gasteiger partial charge >= 0.3 is 0 Å². The number of carbonyl (C=O) groups excluding carboxylic acids is 1. The van der Waals surface area contributed by atoms with Crippen molar-refractivity contribution >= 4 is 23.3 Å². The minimum absolute atomic E-state index is 0.158. The molecule has 2 rings (SSSR count). The molecule has 0 aliphatic carbocycles. The summed E-state index contributed by atoms with van der Waals surface area (Å²) in [7, 11) is 0. The maximum Gasteiger partial charge on any atom is 0.276 e. The molecule has 0 aromatic carbocycles. The van der Waals surface area contributed by atoms with Crippen LogP contribution in [0.3, 0.4) is 0 Å². The first-order chi connectivity index (χ1) is 9.54. The molecular formula is C13H16ClN5O. The molecule has 0 saturated carbocycles. The summed E-state index contributed by atoms with van der Waals surface area (Å²) in [5.74, 6) is 0.273. The minimum Gasteiger partial charge on any atom is -0.304 e. The van der Waals surface area contributed by atoms with Crippen LogP contribution in [0.4, 0.5) is 5.82 Å². The SMILES string of the molecule is CCn1ncc(Cl)c1C(=O)Nc1nccnc1C(C)C. The van der Waals surface area contributed by atoms with E-state index in [2.05, 4.69) is 20.4 Å². The van der Waals surface area contributed by atoms with Gasteiger partial charge in [0.05, 0.1) is 16.9 Å². The van der Waals surface area contributed by atoms with Gasteiger partial charge in [0, 0.05) is 18.9 Å². The second kappa shape index (κ2) is 6.00. The third kappa shape index (κ3) is 2.80. The molecule has 0 spiro atoms. The van der Waals surface area contributed by atoms with Crippen LogP contribution in [0, 0.1) is 0 Å².